The lowest BCUT2D eigenvalue weighted by molar-refractivity contribution is -0.144. The summed E-state index contributed by atoms with van der Waals surface area (Å²) in [5, 5.41) is 17.7. The van der Waals surface area contributed by atoms with E-state index in [-0.39, 0.29) is 17.2 Å². The van der Waals surface area contributed by atoms with Crippen molar-refractivity contribution >= 4 is 29.2 Å². The number of fused-ring (bicyclic) bond motifs is 3. The molecule has 3 aliphatic carbocycles. The first-order valence-corrected chi connectivity index (χ1v) is 23.1. The number of carboxylic acids is 1. The SMILES string of the molecule is C[C@@H](COc1ccnc2c1[C@H](C)CCC2)C[C@H]1Cc2ccc(OCCCC(=O)NCCc3cccc(OCCN(C)C)c3)cc2C12CCC(Nc1cccc(Cl)c1)(C(=O)O)CC2. The summed E-state index contributed by atoms with van der Waals surface area (Å²) in [5.41, 5.74) is 5.55. The number of nitrogens with zero attached hydrogens (tertiary/aromatic N) is 2. The second kappa shape index (κ2) is 20.6. The number of benzene rings is 3. The van der Waals surface area contributed by atoms with Crippen LogP contribution in [0.2, 0.25) is 5.02 Å². The first kappa shape index (κ1) is 45.2. The van der Waals surface area contributed by atoms with Crippen LogP contribution >= 0.6 is 11.6 Å². The molecule has 3 aromatic carbocycles. The number of carboxylic acid groups (broad SMARTS) is 1. The quantitative estimate of drug-likeness (QED) is 0.0746. The van der Waals surface area contributed by atoms with Gasteiger partial charge in [0.1, 0.15) is 29.4 Å². The van der Waals surface area contributed by atoms with Gasteiger partial charge in [-0.05, 0) is 173 Å². The molecule has 0 bridgehead atoms. The number of aryl methyl sites for hydroxylation is 1. The number of amides is 1. The molecule has 3 aliphatic rings. The minimum atomic E-state index is -1.10. The second-order valence-corrected chi connectivity index (χ2v) is 18.8. The van der Waals surface area contributed by atoms with Crippen molar-refractivity contribution in [1.82, 2.24) is 15.2 Å². The third kappa shape index (κ3) is 11.0. The number of hydrogen-bond donors (Lipinski definition) is 3. The van der Waals surface area contributed by atoms with Gasteiger partial charge >= 0.3 is 5.97 Å². The van der Waals surface area contributed by atoms with Crippen LogP contribution in [-0.4, -0.2) is 79.4 Å². The van der Waals surface area contributed by atoms with Gasteiger partial charge in [0.2, 0.25) is 5.91 Å². The summed E-state index contributed by atoms with van der Waals surface area (Å²) in [6.07, 6.45) is 11.2. The Bertz CT molecular complexity index is 2150. The molecule has 332 valence electrons. The maximum Gasteiger partial charge on any atom is 0.329 e. The van der Waals surface area contributed by atoms with Crippen LogP contribution in [0.4, 0.5) is 5.69 Å². The Morgan fingerprint density at radius 3 is 2.55 bits per heavy atom. The van der Waals surface area contributed by atoms with E-state index >= 15 is 0 Å². The molecule has 4 aromatic rings. The van der Waals surface area contributed by atoms with E-state index in [1.165, 1.54) is 28.8 Å². The van der Waals surface area contributed by atoms with Gasteiger partial charge in [-0.25, -0.2) is 4.79 Å². The zero-order valence-corrected chi connectivity index (χ0v) is 37.8. The Hall–Kier alpha value is -4.80. The predicted molar refractivity (Wildman–Crippen MR) is 246 cm³/mol. The number of carbonyl (C=O) groups is 2. The van der Waals surface area contributed by atoms with E-state index < -0.39 is 11.5 Å². The predicted octanol–water partition coefficient (Wildman–Crippen LogP) is 9.66. The van der Waals surface area contributed by atoms with E-state index in [1.54, 1.807) is 12.1 Å². The third-order valence-electron chi connectivity index (χ3n) is 13.5. The minimum Gasteiger partial charge on any atom is -0.494 e. The minimum absolute atomic E-state index is 0.00895. The van der Waals surface area contributed by atoms with Crippen molar-refractivity contribution in [2.75, 3.05) is 52.3 Å². The lowest BCUT2D eigenvalue weighted by atomic mass is 9.59. The average Bonchev–Trinajstić information content (AvgIpc) is 3.53. The molecule has 1 fully saturated rings. The Morgan fingerprint density at radius 1 is 0.968 bits per heavy atom. The van der Waals surface area contributed by atoms with Crippen molar-refractivity contribution in [2.24, 2.45) is 11.8 Å². The molecule has 10 nitrogen and oxygen atoms in total. The van der Waals surface area contributed by atoms with Crippen molar-refractivity contribution in [3.8, 4) is 17.2 Å². The molecule has 1 saturated carbocycles. The fraction of sp³-hybridized carbons (Fsp3) is 0.510. The highest BCUT2D eigenvalue weighted by molar-refractivity contribution is 6.30. The number of rotatable bonds is 20. The van der Waals surface area contributed by atoms with Crippen LogP contribution in [0.5, 0.6) is 17.2 Å². The highest BCUT2D eigenvalue weighted by Crippen LogP contribution is 2.57. The lowest BCUT2D eigenvalue weighted by Crippen LogP contribution is -2.53. The van der Waals surface area contributed by atoms with Gasteiger partial charge in [0.05, 0.1) is 13.2 Å². The molecular formula is C51H65ClN4O6. The number of nitrogens with one attached hydrogen (secondary N) is 2. The topological polar surface area (TPSA) is 122 Å². The van der Waals surface area contributed by atoms with E-state index in [2.05, 4.69) is 58.6 Å². The van der Waals surface area contributed by atoms with E-state index in [9.17, 15) is 14.7 Å². The number of anilines is 1. The molecule has 0 unspecified atom stereocenters. The largest absolute Gasteiger partial charge is 0.494 e. The second-order valence-electron chi connectivity index (χ2n) is 18.4. The molecule has 0 saturated heterocycles. The monoisotopic (exact) mass is 864 g/mol. The molecule has 1 heterocycles. The van der Waals surface area contributed by atoms with Gasteiger partial charge in [-0.1, -0.05) is 49.7 Å². The number of pyridine rings is 1. The van der Waals surface area contributed by atoms with Gasteiger partial charge in [0.25, 0.3) is 0 Å². The Labute approximate surface area is 373 Å². The summed E-state index contributed by atoms with van der Waals surface area (Å²) in [4.78, 5) is 32.6. The van der Waals surface area contributed by atoms with Gasteiger partial charge in [-0.2, -0.15) is 0 Å². The van der Waals surface area contributed by atoms with Crippen molar-refractivity contribution in [2.45, 2.75) is 108 Å². The first-order valence-electron chi connectivity index (χ1n) is 22.7. The summed E-state index contributed by atoms with van der Waals surface area (Å²) in [6.45, 7) is 7.63. The van der Waals surface area contributed by atoms with E-state index in [0.29, 0.717) is 74.6 Å². The molecule has 0 radical (unpaired) electrons. The number of aromatic nitrogens is 1. The zero-order valence-electron chi connectivity index (χ0n) is 37.0. The van der Waals surface area contributed by atoms with E-state index in [0.717, 1.165) is 74.3 Å². The molecule has 11 heteroatoms. The number of aliphatic carboxylic acids is 1. The average molecular weight is 866 g/mol. The molecule has 62 heavy (non-hydrogen) atoms. The molecule has 1 aromatic heterocycles. The molecule has 3 N–H and O–H groups in total. The van der Waals surface area contributed by atoms with Crippen LogP contribution in [0, 0.1) is 11.8 Å². The molecule has 1 spiro atoms. The number of likely N-dealkylation sites (N-methyl/N-ethyl adjacent to an activating group) is 1. The number of halogens is 1. The number of carbonyl (C=O) groups excluding carboxylic acids is 1. The van der Waals surface area contributed by atoms with Gasteiger partial charge in [-0.15, -0.1) is 0 Å². The standard InChI is InChI=1S/C51H65ClN4O6/c1-35(34-62-46-19-25-53-45-14-5-9-36(2)48(45)46)29-39-31-38-16-17-43(60-27-8-15-47(57)54-24-18-37-10-6-13-42(30-37)61-28-26-56(3)4)33-44(38)50(39)20-22-51(23-21-50,49(58)59)55-41-12-7-11-40(52)32-41/h6-7,10-13,16-17,19,25,30,32-33,35-36,39,55H,5,8-9,14-15,18,20-24,26-29,31,34H2,1-4H3,(H,54,57)(H,58,59)/t35-,36-,39+,50?,51?/m1/s1. The van der Waals surface area contributed by atoms with Crippen molar-refractivity contribution in [3.05, 3.63) is 112 Å². The highest BCUT2D eigenvalue weighted by Gasteiger charge is 2.54. The fourth-order valence-electron chi connectivity index (χ4n) is 10.2. The summed E-state index contributed by atoms with van der Waals surface area (Å²) in [7, 11) is 4.05. The van der Waals surface area contributed by atoms with Crippen LogP contribution in [0.15, 0.2) is 79.0 Å². The highest BCUT2D eigenvalue weighted by atomic mass is 35.5. The summed E-state index contributed by atoms with van der Waals surface area (Å²) in [6, 6.07) is 23.9. The third-order valence-corrected chi connectivity index (χ3v) is 13.8. The molecule has 3 atom stereocenters. The summed E-state index contributed by atoms with van der Waals surface area (Å²) in [5.74, 6) is 2.81. The van der Waals surface area contributed by atoms with Crippen LogP contribution in [0.25, 0.3) is 0 Å². The number of ether oxygens (including phenoxy) is 3. The Morgan fingerprint density at radius 2 is 1.76 bits per heavy atom. The molecule has 0 aliphatic heterocycles. The normalized spacial score (nSPS) is 22.1. The van der Waals surface area contributed by atoms with Gasteiger partial charge < -0.3 is 34.9 Å². The first-order chi connectivity index (χ1) is 29.9. The molecule has 1 amide bonds. The fourth-order valence-corrected chi connectivity index (χ4v) is 10.4. The van der Waals surface area contributed by atoms with Crippen LogP contribution in [0.1, 0.15) is 106 Å². The van der Waals surface area contributed by atoms with Gasteiger partial charge in [0, 0.05) is 47.7 Å². The van der Waals surface area contributed by atoms with E-state index in [1.807, 2.05) is 56.7 Å². The molecule has 7 rings (SSSR count). The van der Waals surface area contributed by atoms with Crippen molar-refractivity contribution in [1.29, 1.82) is 0 Å². The Kier molecular flexibility index (Phi) is 15.0. The van der Waals surface area contributed by atoms with Gasteiger partial charge in [-0.3, -0.25) is 9.78 Å². The maximum absolute atomic E-state index is 13.1. The summed E-state index contributed by atoms with van der Waals surface area (Å²) >= 11 is 6.32. The smallest absolute Gasteiger partial charge is 0.329 e. The van der Waals surface area contributed by atoms with Crippen LogP contribution < -0.4 is 24.8 Å². The van der Waals surface area contributed by atoms with Crippen molar-refractivity contribution < 1.29 is 28.9 Å². The summed E-state index contributed by atoms with van der Waals surface area (Å²) < 4.78 is 18.8. The van der Waals surface area contributed by atoms with E-state index in [4.69, 9.17) is 25.8 Å². The van der Waals surface area contributed by atoms with Gasteiger partial charge in [0.15, 0.2) is 0 Å². The lowest BCUT2D eigenvalue weighted by Gasteiger charge is -2.47. The maximum atomic E-state index is 13.1. The van der Waals surface area contributed by atoms with Crippen LogP contribution in [-0.2, 0) is 34.3 Å². The van der Waals surface area contributed by atoms with Crippen molar-refractivity contribution in [3.63, 3.8) is 0 Å². The van der Waals surface area contributed by atoms with Crippen LogP contribution in [0.3, 0.4) is 0 Å². The number of hydrogen-bond acceptors (Lipinski definition) is 8. The molecular weight excluding hydrogens is 800 g/mol. The zero-order chi connectivity index (χ0) is 43.7. The Balaban J connectivity index is 0.982.